The van der Waals surface area contributed by atoms with E-state index in [1.165, 1.54) is 0 Å². The second-order valence-corrected chi connectivity index (χ2v) is 6.42. The van der Waals surface area contributed by atoms with E-state index >= 15 is 0 Å². The zero-order chi connectivity index (χ0) is 12.1. The Labute approximate surface area is 117 Å². The van der Waals surface area contributed by atoms with E-state index in [1.54, 1.807) is 23.1 Å². The molecule has 1 aromatic carbocycles. The number of ketones is 1. The average Bonchev–Trinajstić information content (AvgIpc) is 2.81. The lowest BCUT2D eigenvalue weighted by molar-refractivity contribution is -0.115. The van der Waals surface area contributed by atoms with Crippen molar-refractivity contribution in [2.24, 2.45) is 0 Å². The Morgan fingerprint density at radius 3 is 2.76 bits per heavy atom. The van der Waals surface area contributed by atoms with Crippen LogP contribution < -0.4 is 0 Å². The Kier molecular flexibility index (Phi) is 4.83. The zero-order valence-corrected chi connectivity index (χ0v) is 12.3. The van der Waals surface area contributed by atoms with E-state index in [0.29, 0.717) is 12.2 Å². The van der Waals surface area contributed by atoms with Crippen molar-refractivity contribution < 1.29 is 4.79 Å². The third-order valence-electron chi connectivity index (χ3n) is 2.18. The van der Waals surface area contributed by atoms with Gasteiger partial charge in [0.2, 0.25) is 0 Å². The van der Waals surface area contributed by atoms with Crippen molar-refractivity contribution in [2.45, 2.75) is 11.3 Å². The quantitative estimate of drug-likeness (QED) is 0.757. The summed E-state index contributed by atoms with van der Waals surface area (Å²) >= 11 is 6.70. The molecule has 0 unspecified atom stereocenters. The van der Waals surface area contributed by atoms with Crippen LogP contribution in [0.25, 0.3) is 0 Å². The molecule has 0 aliphatic rings. The number of halogens is 1. The van der Waals surface area contributed by atoms with Crippen LogP contribution in [0.1, 0.15) is 4.88 Å². The maximum atomic E-state index is 11.8. The van der Waals surface area contributed by atoms with Crippen molar-refractivity contribution in [3.8, 4) is 0 Å². The number of thiophene rings is 1. The van der Waals surface area contributed by atoms with Crippen molar-refractivity contribution in [3.63, 3.8) is 0 Å². The van der Waals surface area contributed by atoms with E-state index in [-0.39, 0.29) is 5.78 Å². The van der Waals surface area contributed by atoms with E-state index < -0.39 is 0 Å². The summed E-state index contributed by atoms with van der Waals surface area (Å²) < 4.78 is 1.05. The molecule has 4 heteroatoms. The maximum absolute atomic E-state index is 11.8. The lowest BCUT2D eigenvalue weighted by Crippen LogP contribution is -2.04. The fourth-order valence-corrected chi connectivity index (χ4v) is 3.54. The minimum Gasteiger partial charge on any atom is -0.298 e. The molecule has 0 atom stereocenters. The molecule has 0 bridgehead atoms. The van der Waals surface area contributed by atoms with E-state index in [9.17, 15) is 4.79 Å². The van der Waals surface area contributed by atoms with Crippen LogP contribution in [0.15, 0.2) is 51.1 Å². The van der Waals surface area contributed by atoms with Gasteiger partial charge < -0.3 is 0 Å². The highest BCUT2D eigenvalue weighted by Crippen LogP contribution is 2.27. The number of carbonyl (C=O) groups excluding carboxylic acids is 1. The Balaban J connectivity index is 1.86. The first kappa shape index (κ1) is 12.9. The fourth-order valence-electron chi connectivity index (χ4n) is 1.38. The smallest absolute Gasteiger partial charge is 0.148 e. The topological polar surface area (TPSA) is 17.1 Å². The second-order valence-electron chi connectivity index (χ2n) is 3.51. The van der Waals surface area contributed by atoms with E-state index in [0.717, 1.165) is 14.2 Å². The van der Waals surface area contributed by atoms with E-state index in [1.807, 2.05) is 41.8 Å². The van der Waals surface area contributed by atoms with Crippen LogP contribution in [0, 0.1) is 0 Å². The van der Waals surface area contributed by atoms with Crippen LogP contribution in [0.3, 0.4) is 0 Å². The predicted molar refractivity (Wildman–Crippen MR) is 77.9 cm³/mol. The van der Waals surface area contributed by atoms with Gasteiger partial charge in [0.05, 0.1) is 5.75 Å². The molecular weight excluding hydrogens is 316 g/mol. The van der Waals surface area contributed by atoms with Crippen molar-refractivity contribution in [1.29, 1.82) is 0 Å². The Hall–Kier alpha value is -0.580. The first-order valence-electron chi connectivity index (χ1n) is 5.17. The molecular formula is C13H11BrOS2. The molecule has 0 saturated heterocycles. The highest BCUT2D eigenvalue weighted by molar-refractivity contribution is 9.10. The predicted octanol–water partition coefficient (Wildman–Crippen LogP) is 4.41. The first-order chi connectivity index (χ1) is 8.25. The SMILES string of the molecule is O=C(CSc1ccccc1Br)Cc1cccs1. The van der Waals surface area contributed by atoms with Crippen molar-refractivity contribution in [3.05, 3.63) is 51.1 Å². The lowest BCUT2D eigenvalue weighted by atomic mass is 10.3. The van der Waals surface area contributed by atoms with E-state index in [4.69, 9.17) is 0 Å². The normalized spacial score (nSPS) is 10.4. The molecule has 17 heavy (non-hydrogen) atoms. The molecule has 0 radical (unpaired) electrons. The molecule has 0 N–H and O–H groups in total. The summed E-state index contributed by atoms with van der Waals surface area (Å²) in [7, 11) is 0. The summed E-state index contributed by atoms with van der Waals surface area (Å²) in [4.78, 5) is 14.0. The summed E-state index contributed by atoms with van der Waals surface area (Å²) in [5.74, 6) is 0.800. The van der Waals surface area contributed by atoms with Gasteiger partial charge in [-0.3, -0.25) is 4.79 Å². The second kappa shape index (κ2) is 6.38. The number of hydrogen-bond donors (Lipinski definition) is 0. The van der Waals surface area contributed by atoms with Crippen molar-refractivity contribution in [2.75, 3.05) is 5.75 Å². The minimum absolute atomic E-state index is 0.271. The van der Waals surface area contributed by atoms with Crippen LogP contribution in [-0.4, -0.2) is 11.5 Å². The Morgan fingerprint density at radius 1 is 1.24 bits per heavy atom. The molecule has 1 nitrogen and oxygen atoms in total. The molecule has 0 fully saturated rings. The van der Waals surface area contributed by atoms with Crippen LogP contribution >= 0.6 is 39.0 Å². The molecule has 2 rings (SSSR count). The van der Waals surface area contributed by atoms with Gasteiger partial charge in [-0.1, -0.05) is 18.2 Å². The molecule has 0 spiro atoms. The molecule has 0 saturated carbocycles. The number of carbonyl (C=O) groups is 1. The summed E-state index contributed by atoms with van der Waals surface area (Å²) in [5, 5.41) is 2.00. The van der Waals surface area contributed by atoms with Gasteiger partial charge in [0.25, 0.3) is 0 Å². The van der Waals surface area contributed by atoms with Gasteiger partial charge in [0.15, 0.2) is 0 Å². The van der Waals surface area contributed by atoms with Crippen LogP contribution in [-0.2, 0) is 11.2 Å². The van der Waals surface area contributed by atoms with Crippen molar-refractivity contribution in [1.82, 2.24) is 0 Å². The van der Waals surface area contributed by atoms with Gasteiger partial charge in [0.1, 0.15) is 5.78 Å². The lowest BCUT2D eigenvalue weighted by Gasteiger charge is -2.02. The van der Waals surface area contributed by atoms with E-state index in [2.05, 4.69) is 15.9 Å². The van der Waals surface area contributed by atoms with Gasteiger partial charge in [-0.15, -0.1) is 23.1 Å². The maximum Gasteiger partial charge on any atom is 0.148 e. The summed E-state index contributed by atoms with van der Waals surface area (Å²) in [6.07, 6.45) is 0.551. The number of Topliss-reactive ketones (excluding diaryl/α,β-unsaturated/α-hetero) is 1. The zero-order valence-electron chi connectivity index (χ0n) is 9.06. The van der Waals surface area contributed by atoms with Gasteiger partial charge >= 0.3 is 0 Å². The number of benzene rings is 1. The fraction of sp³-hybridized carbons (Fsp3) is 0.154. The largest absolute Gasteiger partial charge is 0.298 e. The minimum atomic E-state index is 0.271. The van der Waals surface area contributed by atoms with Crippen molar-refractivity contribution >= 4 is 44.8 Å². The van der Waals surface area contributed by atoms with Crippen LogP contribution in [0.4, 0.5) is 0 Å². The van der Waals surface area contributed by atoms with Gasteiger partial charge in [-0.05, 0) is 39.5 Å². The Morgan fingerprint density at radius 2 is 2.06 bits per heavy atom. The Bertz CT molecular complexity index is 494. The standard InChI is InChI=1S/C13H11BrOS2/c14-12-5-1-2-6-13(12)17-9-10(15)8-11-4-3-7-16-11/h1-7H,8-9H2. The monoisotopic (exact) mass is 326 g/mol. The van der Waals surface area contributed by atoms with Gasteiger partial charge in [-0.25, -0.2) is 0 Å². The third-order valence-corrected chi connectivity index (χ3v) is 5.14. The number of rotatable bonds is 5. The average molecular weight is 327 g/mol. The highest BCUT2D eigenvalue weighted by atomic mass is 79.9. The molecule has 1 heterocycles. The first-order valence-corrected chi connectivity index (χ1v) is 7.83. The van der Waals surface area contributed by atoms with Gasteiger partial charge in [0, 0.05) is 20.7 Å². The summed E-state index contributed by atoms with van der Waals surface area (Å²) in [6, 6.07) is 12.0. The molecule has 88 valence electrons. The summed E-state index contributed by atoms with van der Waals surface area (Å²) in [6.45, 7) is 0. The van der Waals surface area contributed by atoms with Gasteiger partial charge in [-0.2, -0.15) is 0 Å². The van der Waals surface area contributed by atoms with Crippen LogP contribution in [0.5, 0.6) is 0 Å². The molecule has 2 aromatic rings. The molecule has 0 aliphatic heterocycles. The molecule has 1 aromatic heterocycles. The molecule has 0 aliphatic carbocycles. The number of thioether (sulfide) groups is 1. The van der Waals surface area contributed by atoms with Crippen LogP contribution in [0.2, 0.25) is 0 Å². The third kappa shape index (κ3) is 3.98. The summed E-state index contributed by atoms with van der Waals surface area (Å²) in [5.41, 5.74) is 0. The highest BCUT2D eigenvalue weighted by Gasteiger charge is 2.07. The number of hydrogen-bond acceptors (Lipinski definition) is 3. The molecule has 0 amide bonds.